The molecule has 0 unspecified atom stereocenters. The monoisotopic (exact) mass is 383 g/mol. The molecule has 0 atom stereocenters. The predicted molar refractivity (Wildman–Crippen MR) is 110 cm³/mol. The van der Waals surface area contributed by atoms with Crippen LogP contribution in [0.15, 0.2) is 63.3 Å². The molecular formula is C22H25NO3S. The molecule has 0 aliphatic carbocycles. The number of hydrogen-bond acceptors (Lipinski definition) is 5. The lowest BCUT2D eigenvalue weighted by molar-refractivity contribution is -0.140. The third-order valence-electron chi connectivity index (χ3n) is 3.99. The van der Waals surface area contributed by atoms with Crippen molar-refractivity contribution in [3.63, 3.8) is 0 Å². The van der Waals surface area contributed by atoms with Gasteiger partial charge in [0.2, 0.25) is 5.78 Å². The summed E-state index contributed by atoms with van der Waals surface area (Å²) in [7, 11) is 0. The molecule has 2 aromatic rings. The van der Waals surface area contributed by atoms with Crippen LogP contribution in [0.4, 0.5) is 0 Å². The summed E-state index contributed by atoms with van der Waals surface area (Å²) in [6.45, 7) is 5.00. The maximum atomic E-state index is 12.3. The van der Waals surface area contributed by atoms with Crippen LogP contribution in [0.25, 0.3) is 0 Å². The highest BCUT2D eigenvalue weighted by atomic mass is 32.2. The van der Waals surface area contributed by atoms with E-state index in [0.29, 0.717) is 11.3 Å². The molecule has 142 valence electrons. The van der Waals surface area contributed by atoms with Gasteiger partial charge in [-0.25, -0.2) is 4.99 Å². The quantitative estimate of drug-likeness (QED) is 0.333. The van der Waals surface area contributed by atoms with Gasteiger partial charge in [0.1, 0.15) is 0 Å². The summed E-state index contributed by atoms with van der Waals surface area (Å²) in [5.74, 6) is -0.585. The standard InChI is InChI=1S/C22H25NO3S/c1-4-5-6-18-7-11-20(12-8-18)27-21-13-9-19(10-14-21)22(25)16(2)23-15-26-17(3)24/h7-14H,4-6,15H2,1-3H3/b23-16+. The van der Waals surface area contributed by atoms with Crippen molar-refractivity contribution in [3.05, 3.63) is 59.7 Å². The lowest BCUT2D eigenvalue weighted by atomic mass is 10.1. The van der Waals surface area contributed by atoms with E-state index >= 15 is 0 Å². The molecule has 0 N–H and O–H groups in total. The van der Waals surface area contributed by atoms with Crippen molar-refractivity contribution in [1.29, 1.82) is 0 Å². The van der Waals surface area contributed by atoms with Gasteiger partial charge in [-0.15, -0.1) is 0 Å². The second-order valence-corrected chi connectivity index (χ2v) is 7.36. The number of aryl methyl sites for hydroxylation is 1. The Kier molecular flexibility index (Phi) is 8.27. The van der Waals surface area contributed by atoms with Crippen molar-refractivity contribution in [2.24, 2.45) is 4.99 Å². The number of ether oxygens (including phenoxy) is 1. The third kappa shape index (κ3) is 7.02. The molecule has 2 rings (SSSR count). The van der Waals surface area contributed by atoms with Gasteiger partial charge in [0.15, 0.2) is 6.73 Å². The van der Waals surface area contributed by atoms with Crippen molar-refractivity contribution < 1.29 is 14.3 Å². The van der Waals surface area contributed by atoms with Gasteiger partial charge in [-0.1, -0.05) is 37.2 Å². The second kappa shape index (κ2) is 10.7. The van der Waals surface area contributed by atoms with E-state index in [1.807, 2.05) is 12.1 Å². The van der Waals surface area contributed by atoms with Crippen LogP contribution >= 0.6 is 11.8 Å². The molecule has 0 fully saturated rings. The predicted octanol–water partition coefficient (Wildman–Crippen LogP) is 5.34. The fourth-order valence-corrected chi connectivity index (χ4v) is 3.23. The summed E-state index contributed by atoms with van der Waals surface area (Å²) in [6, 6.07) is 16.1. The number of aliphatic imine (C=N–C) groups is 1. The lowest BCUT2D eigenvalue weighted by Gasteiger charge is -2.06. The summed E-state index contributed by atoms with van der Waals surface area (Å²) in [4.78, 5) is 29.3. The Hall–Kier alpha value is -2.40. The molecule has 0 aliphatic rings. The first-order valence-corrected chi connectivity index (χ1v) is 9.87. The highest BCUT2D eigenvalue weighted by Gasteiger charge is 2.10. The number of nitrogens with zero attached hydrogens (tertiary/aromatic N) is 1. The Labute approximate surface area is 165 Å². The van der Waals surface area contributed by atoms with E-state index in [1.165, 1.54) is 30.2 Å². The summed E-state index contributed by atoms with van der Waals surface area (Å²) >= 11 is 1.67. The van der Waals surface area contributed by atoms with Gasteiger partial charge < -0.3 is 4.74 Å². The minimum atomic E-state index is -0.418. The number of Topliss-reactive ketones (excluding diaryl/α,β-unsaturated/α-hetero) is 1. The van der Waals surface area contributed by atoms with Crippen LogP contribution in [0.3, 0.4) is 0 Å². The number of carbonyl (C=O) groups excluding carboxylic acids is 2. The van der Waals surface area contributed by atoms with E-state index in [2.05, 4.69) is 36.2 Å². The largest absolute Gasteiger partial charge is 0.443 e. The smallest absolute Gasteiger partial charge is 0.304 e. The van der Waals surface area contributed by atoms with Crippen molar-refractivity contribution >= 4 is 29.2 Å². The molecule has 0 amide bonds. The van der Waals surface area contributed by atoms with Gasteiger partial charge in [0.05, 0.1) is 5.71 Å². The molecule has 0 radical (unpaired) electrons. The zero-order valence-corrected chi connectivity index (χ0v) is 16.8. The molecule has 0 spiro atoms. The Balaban J connectivity index is 1.96. The maximum absolute atomic E-state index is 12.3. The number of ketones is 1. The normalized spacial score (nSPS) is 11.3. The number of hydrogen-bond donors (Lipinski definition) is 0. The highest BCUT2D eigenvalue weighted by Crippen LogP contribution is 2.28. The molecule has 0 aliphatic heterocycles. The van der Waals surface area contributed by atoms with E-state index in [-0.39, 0.29) is 12.5 Å². The van der Waals surface area contributed by atoms with E-state index in [1.54, 1.807) is 30.8 Å². The van der Waals surface area contributed by atoms with Crippen molar-refractivity contribution in [3.8, 4) is 0 Å². The van der Waals surface area contributed by atoms with Crippen LogP contribution < -0.4 is 0 Å². The van der Waals surface area contributed by atoms with Crippen LogP contribution in [0.1, 0.15) is 49.5 Å². The minimum absolute atomic E-state index is 0.130. The van der Waals surface area contributed by atoms with Gasteiger partial charge in [-0.05, 0) is 61.7 Å². The SMILES string of the molecule is CCCCc1ccc(Sc2ccc(C(=O)/C(C)=N/COC(C)=O)cc2)cc1. The van der Waals surface area contributed by atoms with Crippen molar-refractivity contribution in [1.82, 2.24) is 0 Å². The lowest BCUT2D eigenvalue weighted by Crippen LogP contribution is -2.12. The molecule has 0 heterocycles. The minimum Gasteiger partial charge on any atom is -0.443 e. The fourth-order valence-electron chi connectivity index (χ4n) is 2.42. The second-order valence-electron chi connectivity index (χ2n) is 6.21. The van der Waals surface area contributed by atoms with E-state index < -0.39 is 5.97 Å². The van der Waals surface area contributed by atoms with E-state index in [4.69, 9.17) is 4.74 Å². The number of unbranched alkanes of at least 4 members (excludes halogenated alkanes) is 1. The number of benzene rings is 2. The van der Waals surface area contributed by atoms with Crippen LogP contribution in [-0.2, 0) is 16.0 Å². The zero-order valence-electron chi connectivity index (χ0n) is 16.0. The molecule has 2 aromatic carbocycles. The Morgan fingerprint density at radius 2 is 1.56 bits per heavy atom. The third-order valence-corrected chi connectivity index (χ3v) is 5.01. The average Bonchev–Trinajstić information content (AvgIpc) is 2.67. The number of esters is 1. The summed E-state index contributed by atoms with van der Waals surface area (Å²) in [5.41, 5.74) is 2.25. The van der Waals surface area contributed by atoms with Gasteiger partial charge >= 0.3 is 5.97 Å². The zero-order chi connectivity index (χ0) is 19.6. The molecule has 4 nitrogen and oxygen atoms in total. The average molecular weight is 384 g/mol. The number of rotatable bonds is 9. The Morgan fingerprint density at radius 1 is 0.963 bits per heavy atom. The first-order chi connectivity index (χ1) is 13.0. The molecule has 5 heteroatoms. The van der Waals surface area contributed by atoms with Crippen molar-refractivity contribution in [2.75, 3.05) is 6.73 Å². The van der Waals surface area contributed by atoms with Crippen LogP contribution in [0.5, 0.6) is 0 Å². The van der Waals surface area contributed by atoms with Crippen LogP contribution in [0.2, 0.25) is 0 Å². The highest BCUT2D eigenvalue weighted by molar-refractivity contribution is 7.99. The number of carbonyl (C=O) groups is 2. The summed E-state index contributed by atoms with van der Waals surface area (Å²) < 4.78 is 4.73. The molecule has 0 aromatic heterocycles. The topological polar surface area (TPSA) is 55.7 Å². The Bertz CT molecular complexity index is 795. The van der Waals surface area contributed by atoms with Gasteiger partial charge in [0.25, 0.3) is 0 Å². The maximum Gasteiger partial charge on any atom is 0.304 e. The molecule has 0 bridgehead atoms. The van der Waals surface area contributed by atoms with Gasteiger partial charge in [-0.3, -0.25) is 9.59 Å². The first kappa shape index (κ1) is 20.9. The van der Waals surface area contributed by atoms with Crippen LogP contribution in [-0.4, -0.2) is 24.2 Å². The van der Waals surface area contributed by atoms with E-state index in [9.17, 15) is 9.59 Å². The first-order valence-electron chi connectivity index (χ1n) is 9.05. The fraction of sp³-hybridized carbons (Fsp3) is 0.318. The van der Waals surface area contributed by atoms with Crippen LogP contribution in [0, 0.1) is 0 Å². The van der Waals surface area contributed by atoms with Gasteiger partial charge in [0, 0.05) is 22.3 Å². The molecule has 0 saturated carbocycles. The molecule has 0 saturated heterocycles. The summed E-state index contributed by atoms with van der Waals surface area (Å²) in [6.07, 6.45) is 3.54. The summed E-state index contributed by atoms with van der Waals surface area (Å²) in [5, 5.41) is 0. The van der Waals surface area contributed by atoms with Gasteiger partial charge in [-0.2, -0.15) is 0 Å². The van der Waals surface area contributed by atoms with Crippen molar-refractivity contribution in [2.45, 2.75) is 49.8 Å². The molecule has 27 heavy (non-hydrogen) atoms. The Morgan fingerprint density at radius 3 is 2.11 bits per heavy atom. The molecular weight excluding hydrogens is 358 g/mol. The van der Waals surface area contributed by atoms with E-state index in [0.717, 1.165) is 11.3 Å².